The second-order valence-corrected chi connectivity index (χ2v) is 6.32. The molecule has 1 saturated heterocycles. The van der Waals surface area contributed by atoms with Crippen LogP contribution in [-0.4, -0.2) is 60.6 Å². The number of aromatic nitrogens is 1. The van der Waals surface area contributed by atoms with E-state index in [1.54, 1.807) is 11.9 Å². The molecule has 1 aromatic heterocycles. The summed E-state index contributed by atoms with van der Waals surface area (Å²) < 4.78 is 19.3. The number of ether oxygens (including phenoxy) is 1. The molecule has 0 spiro atoms. The summed E-state index contributed by atoms with van der Waals surface area (Å²) in [6.45, 7) is 1.87. The van der Waals surface area contributed by atoms with E-state index in [4.69, 9.17) is 4.74 Å². The maximum atomic E-state index is 13.3. The number of halogens is 1. The van der Waals surface area contributed by atoms with Crippen LogP contribution in [0.25, 0.3) is 0 Å². The number of carbonyl (C=O) groups excluding carboxylic acids is 1. The Balaban J connectivity index is 1.76. The summed E-state index contributed by atoms with van der Waals surface area (Å²) >= 11 is 0. The molecule has 0 aliphatic carbocycles. The number of likely N-dealkylation sites (N-methyl/N-ethyl adjacent to an activating group) is 2. The smallest absolute Gasteiger partial charge is 0.255 e. The summed E-state index contributed by atoms with van der Waals surface area (Å²) in [5, 5.41) is 0. The summed E-state index contributed by atoms with van der Waals surface area (Å²) in [4.78, 5) is 20.1. The third-order valence-electron chi connectivity index (χ3n) is 4.50. The van der Waals surface area contributed by atoms with Gasteiger partial charge in [0.25, 0.3) is 5.91 Å². The standard InChI is InChI=1S/C19H22FN3O2/c1-22-8-9-25-17(18(22)14-6-4-3-5-7-14)13-23(2)19(24)15-10-16(20)12-21-11-15/h3-7,10-12,17-18H,8-9,13H2,1-2H3/t17-,18-/m0/s1. The van der Waals surface area contributed by atoms with Crippen molar-refractivity contribution in [1.82, 2.24) is 14.8 Å². The Morgan fingerprint density at radius 3 is 2.84 bits per heavy atom. The van der Waals surface area contributed by atoms with E-state index in [1.807, 2.05) is 18.2 Å². The zero-order chi connectivity index (χ0) is 17.8. The molecule has 2 atom stereocenters. The van der Waals surface area contributed by atoms with E-state index in [9.17, 15) is 9.18 Å². The van der Waals surface area contributed by atoms with Crippen LogP contribution in [-0.2, 0) is 4.74 Å². The number of pyridine rings is 1. The first-order chi connectivity index (χ1) is 12.1. The Morgan fingerprint density at radius 2 is 2.12 bits per heavy atom. The quantitative estimate of drug-likeness (QED) is 0.855. The van der Waals surface area contributed by atoms with Gasteiger partial charge in [0.15, 0.2) is 0 Å². The maximum Gasteiger partial charge on any atom is 0.255 e. The second-order valence-electron chi connectivity index (χ2n) is 6.32. The Hall–Kier alpha value is -2.31. The van der Waals surface area contributed by atoms with Crippen molar-refractivity contribution in [2.45, 2.75) is 12.1 Å². The van der Waals surface area contributed by atoms with E-state index in [0.29, 0.717) is 13.2 Å². The molecule has 0 unspecified atom stereocenters. The lowest BCUT2D eigenvalue weighted by Gasteiger charge is -2.40. The molecule has 0 radical (unpaired) electrons. The molecule has 3 rings (SSSR count). The fourth-order valence-electron chi connectivity index (χ4n) is 3.24. The molecule has 1 fully saturated rings. The van der Waals surface area contributed by atoms with Crippen molar-refractivity contribution in [1.29, 1.82) is 0 Å². The molecule has 1 aliphatic heterocycles. The minimum Gasteiger partial charge on any atom is -0.373 e. The van der Waals surface area contributed by atoms with Gasteiger partial charge in [0.05, 0.1) is 30.5 Å². The predicted octanol–water partition coefficient (Wildman–Crippen LogP) is 2.36. The van der Waals surface area contributed by atoms with Crippen molar-refractivity contribution in [3.63, 3.8) is 0 Å². The minimum absolute atomic E-state index is 0.0656. The van der Waals surface area contributed by atoms with Crippen molar-refractivity contribution < 1.29 is 13.9 Å². The molecule has 1 aromatic carbocycles. The van der Waals surface area contributed by atoms with Gasteiger partial charge in [-0.3, -0.25) is 14.7 Å². The van der Waals surface area contributed by atoms with Crippen molar-refractivity contribution in [3.8, 4) is 0 Å². The highest BCUT2D eigenvalue weighted by Crippen LogP contribution is 2.28. The van der Waals surface area contributed by atoms with Gasteiger partial charge in [-0.15, -0.1) is 0 Å². The SMILES string of the molecule is CN(C[C@@H]1OCCN(C)[C@H]1c1ccccc1)C(=O)c1cncc(F)c1. The third kappa shape index (κ3) is 4.03. The lowest BCUT2D eigenvalue weighted by Crippen LogP contribution is -2.48. The highest BCUT2D eigenvalue weighted by Gasteiger charge is 2.33. The number of carbonyl (C=O) groups is 1. The number of rotatable bonds is 4. The van der Waals surface area contributed by atoms with E-state index < -0.39 is 5.82 Å². The lowest BCUT2D eigenvalue weighted by atomic mass is 9.98. The third-order valence-corrected chi connectivity index (χ3v) is 4.50. The molecule has 0 N–H and O–H groups in total. The van der Waals surface area contributed by atoms with Crippen LogP contribution in [0.4, 0.5) is 4.39 Å². The predicted molar refractivity (Wildman–Crippen MR) is 92.7 cm³/mol. The van der Waals surface area contributed by atoms with Gasteiger partial charge in [0.2, 0.25) is 0 Å². The average Bonchev–Trinajstić information content (AvgIpc) is 2.62. The number of hydrogen-bond donors (Lipinski definition) is 0. The zero-order valence-electron chi connectivity index (χ0n) is 14.4. The number of hydrogen-bond acceptors (Lipinski definition) is 4. The topological polar surface area (TPSA) is 45.7 Å². The Morgan fingerprint density at radius 1 is 1.36 bits per heavy atom. The number of nitrogens with zero attached hydrogens (tertiary/aromatic N) is 3. The Labute approximate surface area is 147 Å². The van der Waals surface area contributed by atoms with Crippen molar-refractivity contribution in [2.75, 3.05) is 33.8 Å². The van der Waals surface area contributed by atoms with Crippen LogP contribution in [0.5, 0.6) is 0 Å². The van der Waals surface area contributed by atoms with Gasteiger partial charge in [-0.05, 0) is 18.7 Å². The number of morpholine rings is 1. The van der Waals surface area contributed by atoms with Crippen molar-refractivity contribution in [3.05, 3.63) is 65.7 Å². The number of benzene rings is 1. The fourth-order valence-corrected chi connectivity index (χ4v) is 3.24. The van der Waals surface area contributed by atoms with Crippen LogP contribution in [0.15, 0.2) is 48.8 Å². The lowest BCUT2D eigenvalue weighted by molar-refractivity contribution is -0.0707. The van der Waals surface area contributed by atoms with E-state index in [1.165, 1.54) is 12.3 Å². The highest BCUT2D eigenvalue weighted by molar-refractivity contribution is 5.93. The van der Waals surface area contributed by atoms with Crippen LogP contribution >= 0.6 is 0 Å². The molecule has 5 nitrogen and oxygen atoms in total. The van der Waals surface area contributed by atoms with Gasteiger partial charge in [0.1, 0.15) is 5.82 Å². The first kappa shape index (κ1) is 17.5. The summed E-state index contributed by atoms with van der Waals surface area (Å²) in [6, 6.07) is 11.4. The summed E-state index contributed by atoms with van der Waals surface area (Å²) in [6.07, 6.45) is 2.31. The maximum absolute atomic E-state index is 13.3. The highest BCUT2D eigenvalue weighted by atomic mass is 19.1. The molecule has 0 bridgehead atoms. The Bertz CT molecular complexity index is 726. The molecule has 25 heavy (non-hydrogen) atoms. The van der Waals surface area contributed by atoms with Crippen LogP contribution < -0.4 is 0 Å². The Kier molecular flexibility index (Phi) is 5.40. The van der Waals surface area contributed by atoms with Crippen LogP contribution in [0.2, 0.25) is 0 Å². The van der Waals surface area contributed by atoms with Crippen molar-refractivity contribution in [2.24, 2.45) is 0 Å². The summed E-state index contributed by atoms with van der Waals surface area (Å²) in [7, 11) is 3.76. The average molecular weight is 343 g/mol. The van der Waals surface area contributed by atoms with Gasteiger partial charge in [0, 0.05) is 26.3 Å². The fraction of sp³-hybridized carbons (Fsp3) is 0.368. The first-order valence-electron chi connectivity index (χ1n) is 8.29. The summed E-state index contributed by atoms with van der Waals surface area (Å²) in [5.74, 6) is -0.786. The minimum atomic E-state index is -0.518. The van der Waals surface area contributed by atoms with Gasteiger partial charge < -0.3 is 9.64 Å². The molecule has 0 saturated carbocycles. The van der Waals surface area contributed by atoms with Crippen LogP contribution in [0, 0.1) is 5.82 Å². The van der Waals surface area contributed by atoms with Gasteiger partial charge in [-0.1, -0.05) is 30.3 Å². The molecule has 2 aromatic rings. The molecule has 1 amide bonds. The molecule has 132 valence electrons. The van der Waals surface area contributed by atoms with E-state index in [0.717, 1.165) is 18.3 Å². The second kappa shape index (κ2) is 7.72. The van der Waals surface area contributed by atoms with Gasteiger partial charge >= 0.3 is 0 Å². The monoisotopic (exact) mass is 343 g/mol. The van der Waals surface area contributed by atoms with Gasteiger partial charge in [-0.25, -0.2) is 4.39 Å². The van der Waals surface area contributed by atoms with Crippen LogP contribution in [0.3, 0.4) is 0 Å². The summed E-state index contributed by atoms with van der Waals surface area (Å²) in [5.41, 5.74) is 1.39. The molecule has 2 heterocycles. The zero-order valence-corrected chi connectivity index (χ0v) is 14.4. The molecule has 6 heteroatoms. The van der Waals surface area contributed by atoms with Crippen LogP contribution in [0.1, 0.15) is 22.0 Å². The number of amides is 1. The largest absolute Gasteiger partial charge is 0.373 e. The van der Waals surface area contributed by atoms with E-state index in [-0.39, 0.29) is 23.6 Å². The molecular formula is C19H22FN3O2. The van der Waals surface area contributed by atoms with Crippen molar-refractivity contribution >= 4 is 5.91 Å². The normalized spacial score (nSPS) is 21.1. The van der Waals surface area contributed by atoms with E-state index in [2.05, 4.69) is 29.1 Å². The first-order valence-corrected chi connectivity index (χ1v) is 8.29. The van der Waals surface area contributed by atoms with E-state index >= 15 is 0 Å². The molecule has 1 aliphatic rings. The van der Waals surface area contributed by atoms with Gasteiger partial charge in [-0.2, -0.15) is 0 Å². The molecular weight excluding hydrogens is 321 g/mol.